The molecule has 0 radical (unpaired) electrons. The third-order valence-corrected chi connectivity index (χ3v) is 8.27. The van der Waals surface area contributed by atoms with Crippen molar-refractivity contribution in [1.29, 1.82) is 0 Å². The molecule has 0 saturated carbocycles. The molecule has 0 fully saturated rings. The summed E-state index contributed by atoms with van der Waals surface area (Å²) < 4.78 is 5.92. The van der Waals surface area contributed by atoms with Gasteiger partial charge in [0.1, 0.15) is 11.4 Å². The minimum Gasteiger partial charge on any atom is -0.387 e. The molecular weight excluding hydrogens is 528 g/mol. The fourth-order valence-electron chi connectivity index (χ4n) is 3.72. The van der Waals surface area contributed by atoms with Crippen molar-refractivity contribution in [2.45, 2.75) is 96.2 Å². The van der Waals surface area contributed by atoms with Crippen LogP contribution in [0.4, 0.5) is 0 Å². The first-order valence-electron chi connectivity index (χ1n) is 14.0. The molecule has 0 spiro atoms. The van der Waals surface area contributed by atoms with Crippen molar-refractivity contribution in [2.24, 2.45) is 0 Å². The van der Waals surface area contributed by atoms with Gasteiger partial charge in [-0.1, -0.05) is 77.9 Å². The maximum atomic E-state index is 10.3. The number of rotatable bonds is 7. The summed E-state index contributed by atoms with van der Waals surface area (Å²) in [6.45, 7) is 20.2. The van der Waals surface area contributed by atoms with E-state index in [0.717, 1.165) is 33.1 Å². The first-order chi connectivity index (χ1) is 18.9. The number of nitrogens with zero attached hydrogens (tertiary/aromatic N) is 4. The zero-order chi connectivity index (χ0) is 30.2. The summed E-state index contributed by atoms with van der Waals surface area (Å²) in [7, 11) is 0. The van der Waals surface area contributed by atoms with E-state index in [1.165, 1.54) is 17.6 Å². The largest absolute Gasteiger partial charge is 0.387 e. The average Bonchev–Trinajstić information content (AvgIpc) is 2.90. The van der Waals surface area contributed by atoms with E-state index in [9.17, 15) is 5.11 Å². The van der Waals surface area contributed by atoms with Gasteiger partial charge in [0.05, 0.1) is 11.3 Å². The highest BCUT2D eigenvalue weighted by Crippen LogP contribution is 2.34. The highest BCUT2D eigenvalue weighted by atomic mass is 32.2. The van der Waals surface area contributed by atoms with Gasteiger partial charge in [-0.05, 0) is 62.9 Å². The first kappa shape index (κ1) is 30.8. The Kier molecular flexibility index (Phi) is 8.47. The van der Waals surface area contributed by atoms with Crippen LogP contribution in [0.5, 0.6) is 0 Å². The maximum Gasteiger partial charge on any atom is 0.165 e. The van der Waals surface area contributed by atoms with Crippen molar-refractivity contribution in [3.05, 3.63) is 78.2 Å². The number of aliphatic hydroxyl groups is 1. The number of hydrogen-bond acceptors (Lipinski definition) is 7. The summed E-state index contributed by atoms with van der Waals surface area (Å²) >= 11 is 1.26. The topological polar surface area (TPSA) is 81.0 Å². The van der Waals surface area contributed by atoms with Gasteiger partial charge in [0.25, 0.3) is 0 Å². The number of benzene rings is 2. The molecule has 2 aromatic carbocycles. The Morgan fingerprint density at radius 1 is 0.610 bits per heavy atom. The van der Waals surface area contributed by atoms with Crippen LogP contribution in [0.1, 0.15) is 80.6 Å². The van der Waals surface area contributed by atoms with Gasteiger partial charge in [-0.15, -0.1) is 0 Å². The summed E-state index contributed by atoms with van der Waals surface area (Å²) in [5, 5.41) is 10.3. The fraction of sp³-hybridized carbons (Fsp3) is 0.412. The number of hydrogen-bond donors (Lipinski definition) is 1. The lowest BCUT2D eigenvalue weighted by Gasteiger charge is -2.35. The van der Waals surface area contributed by atoms with Gasteiger partial charge in [-0.2, -0.15) is 0 Å². The molecule has 0 aliphatic heterocycles. The quantitative estimate of drug-likeness (QED) is 0.223. The highest BCUT2D eigenvalue weighted by molar-refractivity contribution is 7.94. The Bertz CT molecular complexity index is 1480. The molecule has 216 valence electrons. The highest BCUT2D eigenvalue weighted by Gasteiger charge is 2.37. The summed E-state index contributed by atoms with van der Waals surface area (Å²) in [5.74, 6) is 2.01. The predicted molar refractivity (Wildman–Crippen MR) is 169 cm³/mol. The van der Waals surface area contributed by atoms with E-state index in [-0.39, 0.29) is 10.8 Å². The van der Waals surface area contributed by atoms with Crippen molar-refractivity contribution >= 4 is 12.0 Å². The van der Waals surface area contributed by atoms with Gasteiger partial charge in [0.2, 0.25) is 0 Å². The monoisotopic (exact) mass is 570 g/mol. The van der Waals surface area contributed by atoms with Crippen LogP contribution in [0.3, 0.4) is 0 Å². The SMILES string of the molecule is CC(C)(C)c1ccc(-c2nc(-c3ccc(-c4ccc(SOC(C)(C)C(C)(C)O)cc4)nc3)nc(C(C)(C)C)n2)cc1. The maximum absolute atomic E-state index is 10.3. The first-order valence-corrected chi connectivity index (χ1v) is 14.7. The second kappa shape index (κ2) is 11.3. The molecular formula is C34H42N4O2S. The van der Waals surface area contributed by atoms with E-state index in [2.05, 4.69) is 65.8 Å². The Labute approximate surface area is 249 Å². The minimum absolute atomic E-state index is 0.0771. The zero-order valence-corrected chi connectivity index (χ0v) is 26.7. The molecule has 2 aromatic heterocycles. The minimum atomic E-state index is -0.963. The second-order valence-corrected chi connectivity index (χ2v) is 14.4. The van der Waals surface area contributed by atoms with Crippen molar-refractivity contribution in [3.63, 3.8) is 0 Å². The van der Waals surface area contributed by atoms with Gasteiger partial charge in [-0.3, -0.25) is 4.98 Å². The molecule has 7 heteroatoms. The average molecular weight is 571 g/mol. The summed E-state index contributed by atoms with van der Waals surface area (Å²) in [6.07, 6.45) is 1.82. The van der Waals surface area contributed by atoms with E-state index in [1.807, 2.05) is 56.4 Å². The van der Waals surface area contributed by atoms with Crippen molar-refractivity contribution in [1.82, 2.24) is 19.9 Å². The van der Waals surface area contributed by atoms with Crippen LogP contribution in [0, 0.1) is 0 Å². The molecule has 4 aromatic rings. The normalized spacial score (nSPS) is 13.0. The van der Waals surface area contributed by atoms with Crippen molar-refractivity contribution in [3.8, 4) is 34.0 Å². The standard InChI is InChI=1S/C34H42N4O2S/c1-31(2,3)25-16-11-23(12-17-25)28-36-29(38-30(37-28)32(4,5)6)24-15-20-27(35-21-24)22-13-18-26(19-14-22)41-40-34(9,10)33(7,8)39/h11-21,39H,1-10H3. The van der Waals surface area contributed by atoms with Gasteiger partial charge in [0, 0.05) is 45.2 Å². The second-order valence-electron chi connectivity index (χ2n) is 13.6. The Hall–Kier alpha value is -3.13. The zero-order valence-electron chi connectivity index (χ0n) is 25.9. The third-order valence-electron chi connectivity index (χ3n) is 7.31. The molecule has 0 saturated heterocycles. The van der Waals surface area contributed by atoms with Crippen LogP contribution in [0.2, 0.25) is 0 Å². The molecule has 0 bridgehead atoms. The van der Waals surface area contributed by atoms with E-state index >= 15 is 0 Å². The van der Waals surface area contributed by atoms with Gasteiger partial charge < -0.3 is 9.29 Å². The van der Waals surface area contributed by atoms with Gasteiger partial charge in [0.15, 0.2) is 11.6 Å². The van der Waals surface area contributed by atoms with Gasteiger partial charge in [-0.25, -0.2) is 15.0 Å². The lowest BCUT2D eigenvalue weighted by atomic mass is 9.86. The molecule has 0 amide bonds. The van der Waals surface area contributed by atoms with Crippen LogP contribution in [0.25, 0.3) is 34.0 Å². The summed E-state index contributed by atoms with van der Waals surface area (Å²) in [5.41, 5.74) is 3.09. The van der Waals surface area contributed by atoms with E-state index in [0.29, 0.717) is 11.6 Å². The van der Waals surface area contributed by atoms with Crippen molar-refractivity contribution < 1.29 is 9.29 Å². The molecule has 2 heterocycles. The smallest absolute Gasteiger partial charge is 0.165 e. The Balaban J connectivity index is 1.58. The molecule has 1 N–H and O–H groups in total. The van der Waals surface area contributed by atoms with Gasteiger partial charge >= 0.3 is 0 Å². The van der Waals surface area contributed by atoms with E-state index in [1.54, 1.807) is 13.8 Å². The Morgan fingerprint density at radius 2 is 1.15 bits per heavy atom. The molecule has 0 unspecified atom stereocenters. The predicted octanol–water partition coefficient (Wildman–Crippen LogP) is 8.44. The molecule has 4 rings (SSSR count). The molecule has 6 nitrogen and oxygen atoms in total. The molecule has 0 atom stereocenters. The molecule has 0 aliphatic rings. The lowest BCUT2D eigenvalue weighted by Crippen LogP contribution is -2.45. The third kappa shape index (κ3) is 7.39. The van der Waals surface area contributed by atoms with E-state index in [4.69, 9.17) is 24.1 Å². The fourth-order valence-corrected chi connectivity index (χ4v) is 4.48. The Morgan fingerprint density at radius 3 is 1.63 bits per heavy atom. The summed E-state index contributed by atoms with van der Waals surface area (Å²) in [4.78, 5) is 20.2. The molecule has 0 aliphatic carbocycles. The summed E-state index contributed by atoms with van der Waals surface area (Å²) in [6, 6.07) is 20.5. The van der Waals surface area contributed by atoms with Crippen molar-refractivity contribution in [2.75, 3.05) is 0 Å². The van der Waals surface area contributed by atoms with Crippen LogP contribution in [0.15, 0.2) is 71.8 Å². The number of aromatic nitrogens is 4. The molecule has 41 heavy (non-hydrogen) atoms. The lowest BCUT2D eigenvalue weighted by molar-refractivity contribution is -0.0813. The van der Waals surface area contributed by atoms with Crippen LogP contribution in [-0.4, -0.2) is 36.2 Å². The van der Waals surface area contributed by atoms with Crippen LogP contribution in [-0.2, 0) is 15.0 Å². The van der Waals surface area contributed by atoms with Crippen LogP contribution >= 0.6 is 12.0 Å². The number of pyridine rings is 1. The van der Waals surface area contributed by atoms with Crippen LogP contribution < -0.4 is 0 Å². The van der Waals surface area contributed by atoms with E-state index < -0.39 is 11.2 Å².